The fourth-order valence-corrected chi connectivity index (χ4v) is 5.02. The summed E-state index contributed by atoms with van der Waals surface area (Å²) in [4.78, 5) is 20.4. The number of hydrogen-bond acceptors (Lipinski definition) is 4. The number of halogens is 2. The van der Waals surface area contributed by atoms with E-state index in [1.165, 1.54) is 0 Å². The van der Waals surface area contributed by atoms with Gasteiger partial charge in [-0.25, -0.2) is 9.78 Å². The summed E-state index contributed by atoms with van der Waals surface area (Å²) in [6.45, 7) is 11.4. The molecule has 0 bridgehead atoms. The second-order valence-electron chi connectivity index (χ2n) is 10.3. The van der Waals surface area contributed by atoms with Gasteiger partial charge in [0, 0.05) is 24.1 Å². The van der Waals surface area contributed by atoms with Gasteiger partial charge in [0.05, 0.1) is 35.3 Å². The van der Waals surface area contributed by atoms with E-state index in [1.807, 2.05) is 0 Å². The average Bonchev–Trinajstić information content (AvgIpc) is 2.80. The molecule has 2 N–H and O–H groups in total. The van der Waals surface area contributed by atoms with Crippen molar-refractivity contribution in [2.45, 2.75) is 52.7 Å². The van der Waals surface area contributed by atoms with Crippen molar-refractivity contribution in [2.75, 3.05) is 36.4 Å². The highest BCUT2D eigenvalue weighted by Gasteiger charge is 2.37. The molecule has 186 valence electrons. The van der Waals surface area contributed by atoms with Gasteiger partial charge in [0.1, 0.15) is 30.4 Å². The smallest absolute Gasteiger partial charge is 0.322 e. The maximum atomic E-state index is 12.8. The summed E-state index contributed by atoms with van der Waals surface area (Å²) in [6, 6.07) is 7.32. The van der Waals surface area contributed by atoms with Crippen LogP contribution in [0.4, 0.5) is 16.3 Å². The third-order valence-corrected chi connectivity index (χ3v) is 7.26. The number of rotatable bonds is 4. The number of amides is 2. The van der Waals surface area contributed by atoms with Gasteiger partial charge in [-0.05, 0) is 43.5 Å². The predicted octanol–water partition coefficient (Wildman–Crippen LogP) is 5.08. The molecule has 7 nitrogen and oxygen atoms in total. The van der Waals surface area contributed by atoms with Gasteiger partial charge < -0.3 is 15.0 Å². The number of H-pyrrole nitrogens is 1. The molecule has 9 heteroatoms. The van der Waals surface area contributed by atoms with Crippen molar-refractivity contribution in [3.63, 3.8) is 0 Å². The largest absolute Gasteiger partial charge is 0.370 e. The van der Waals surface area contributed by atoms with Crippen LogP contribution in [0.3, 0.4) is 0 Å². The predicted molar refractivity (Wildman–Crippen MR) is 138 cm³/mol. The van der Waals surface area contributed by atoms with Crippen LogP contribution < -0.4 is 15.2 Å². The molecule has 1 aromatic heterocycles. The van der Waals surface area contributed by atoms with Crippen LogP contribution in [0.2, 0.25) is 10.0 Å². The molecule has 2 amide bonds. The van der Waals surface area contributed by atoms with Gasteiger partial charge in [-0.2, -0.15) is 5.26 Å². The summed E-state index contributed by atoms with van der Waals surface area (Å²) >= 11 is 12.0. The summed E-state index contributed by atoms with van der Waals surface area (Å²) in [5, 5.41) is 13.9. The molecule has 2 aromatic rings. The van der Waals surface area contributed by atoms with Crippen LogP contribution in [-0.2, 0) is 24.2 Å². The quantitative estimate of drug-likeness (QED) is 0.613. The summed E-state index contributed by atoms with van der Waals surface area (Å²) in [6.07, 6.45) is 1.58. The number of piperazine rings is 1. The summed E-state index contributed by atoms with van der Waals surface area (Å²) in [5.74, 6) is 1.32. The lowest BCUT2D eigenvalue weighted by Crippen LogP contribution is -2.52. The van der Waals surface area contributed by atoms with Gasteiger partial charge >= 0.3 is 6.03 Å². The van der Waals surface area contributed by atoms with Crippen LogP contribution in [-0.4, -0.2) is 42.7 Å². The Hall–Kier alpha value is -2.53. The van der Waals surface area contributed by atoms with E-state index in [4.69, 9.17) is 27.9 Å². The second-order valence-corrected chi connectivity index (χ2v) is 11.1. The molecule has 0 aliphatic carbocycles. The lowest BCUT2D eigenvalue weighted by molar-refractivity contribution is -0.379. The van der Waals surface area contributed by atoms with E-state index in [1.54, 1.807) is 23.1 Å². The van der Waals surface area contributed by atoms with Crippen LogP contribution in [0, 0.1) is 17.2 Å². The highest BCUT2D eigenvalue weighted by molar-refractivity contribution is 6.42. The molecular weight excluding hydrogens is 485 g/mol. The van der Waals surface area contributed by atoms with Gasteiger partial charge in [-0.1, -0.05) is 37.0 Å². The number of nitriles is 1. The molecule has 0 atom stereocenters. The van der Waals surface area contributed by atoms with Crippen molar-refractivity contribution in [1.29, 1.82) is 5.26 Å². The van der Waals surface area contributed by atoms with E-state index in [0.29, 0.717) is 66.4 Å². The number of ether oxygens (including phenoxy) is 1. The number of nitrogens with one attached hydrogen (secondary N) is 2. The molecular formula is C26H32Cl2N5O2+. The highest BCUT2D eigenvalue weighted by atomic mass is 35.5. The fraction of sp³-hybridized carbons (Fsp3) is 0.500. The molecule has 0 spiro atoms. The van der Waals surface area contributed by atoms with Crippen molar-refractivity contribution in [2.24, 2.45) is 5.92 Å². The molecule has 1 fully saturated rings. The van der Waals surface area contributed by atoms with Crippen LogP contribution in [0.1, 0.15) is 50.1 Å². The van der Waals surface area contributed by atoms with Gasteiger partial charge in [-0.15, -0.1) is 0 Å². The second kappa shape index (κ2) is 10.2. The van der Waals surface area contributed by atoms with Crippen molar-refractivity contribution in [3.8, 4) is 6.07 Å². The Bertz CT molecular complexity index is 1170. The van der Waals surface area contributed by atoms with Crippen LogP contribution in [0.15, 0.2) is 18.2 Å². The first kappa shape index (κ1) is 25.6. The minimum atomic E-state index is -0.312. The van der Waals surface area contributed by atoms with Crippen molar-refractivity contribution >= 4 is 40.7 Å². The third kappa shape index (κ3) is 5.66. The van der Waals surface area contributed by atoms with Crippen molar-refractivity contribution < 1.29 is 14.5 Å². The fourth-order valence-electron chi connectivity index (χ4n) is 4.72. The SMILES string of the molecule is CC(C)Cc1[nH+]c(N2CCN(C(=O)Nc3ccc(Cl)c(Cl)c3)CC2)c(C#N)c2c1COC(C)(C)C2. The number of anilines is 2. The summed E-state index contributed by atoms with van der Waals surface area (Å²) in [7, 11) is 0. The van der Waals surface area contributed by atoms with Gasteiger partial charge in [-0.3, -0.25) is 4.90 Å². The highest BCUT2D eigenvalue weighted by Crippen LogP contribution is 2.34. The number of carbonyl (C=O) groups excluding carboxylic acids is 1. The molecule has 0 radical (unpaired) electrons. The lowest BCUT2D eigenvalue weighted by atomic mass is 9.86. The molecule has 0 unspecified atom stereocenters. The Kier molecular flexibility index (Phi) is 7.46. The third-order valence-electron chi connectivity index (χ3n) is 6.52. The number of pyridine rings is 1. The zero-order valence-corrected chi connectivity index (χ0v) is 22.2. The van der Waals surface area contributed by atoms with E-state index in [-0.39, 0.29) is 11.6 Å². The maximum absolute atomic E-state index is 12.8. The maximum Gasteiger partial charge on any atom is 0.322 e. The number of urea groups is 1. The Morgan fingerprint density at radius 1 is 1.20 bits per heavy atom. The van der Waals surface area contributed by atoms with E-state index in [9.17, 15) is 10.1 Å². The van der Waals surface area contributed by atoms with Gasteiger partial charge in [0.15, 0.2) is 0 Å². The van der Waals surface area contributed by atoms with E-state index in [0.717, 1.165) is 29.1 Å². The minimum absolute atomic E-state index is 0.183. The number of benzene rings is 1. The lowest BCUT2D eigenvalue weighted by Gasteiger charge is -2.35. The number of carbonyl (C=O) groups is 1. The summed E-state index contributed by atoms with van der Waals surface area (Å²) in [5.41, 5.74) is 4.33. The van der Waals surface area contributed by atoms with E-state index >= 15 is 0 Å². The summed E-state index contributed by atoms with van der Waals surface area (Å²) < 4.78 is 6.09. The molecule has 35 heavy (non-hydrogen) atoms. The topological polar surface area (TPSA) is 82.7 Å². The molecule has 2 aliphatic rings. The average molecular weight is 517 g/mol. The molecule has 2 aliphatic heterocycles. The minimum Gasteiger partial charge on any atom is -0.370 e. The Morgan fingerprint density at radius 2 is 1.91 bits per heavy atom. The number of aromatic nitrogens is 1. The van der Waals surface area contributed by atoms with Crippen molar-refractivity contribution in [3.05, 3.63) is 50.6 Å². The molecule has 4 rings (SSSR count). The zero-order chi connectivity index (χ0) is 25.3. The number of hydrogen-bond donors (Lipinski definition) is 1. The normalized spacial score (nSPS) is 17.2. The Balaban J connectivity index is 1.54. The first-order chi connectivity index (χ1) is 16.6. The van der Waals surface area contributed by atoms with E-state index < -0.39 is 0 Å². The molecule has 0 saturated carbocycles. The van der Waals surface area contributed by atoms with Crippen molar-refractivity contribution in [1.82, 2.24) is 4.90 Å². The Labute approximate surface area is 217 Å². The van der Waals surface area contributed by atoms with Gasteiger partial charge in [0.25, 0.3) is 5.82 Å². The van der Waals surface area contributed by atoms with Crippen LogP contribution in [0.5, 0.6) is 0 Å². The molecule has 1 saturated heterocycles. The first-order valence-electron chi connectivity index (χ1n) is 12.0. The monoisotopic (exact) mass is 516 g/mol. The Morgan fingerprint density at radius 3 is 2.54 bits per heavy atom. The first-order valence-corrected chi connectivity index (χ1v) is 12.7. The van der Waals surface area contributed by atoms with Crippen LogP contribution in [0.25, 0.3) is 0 Å². The number of fused-ring (bicyclic) bond motifs is 1. The zero-order valence-electron chi connectivity index (χ0n) is 20.7. The molecule has 1 aromatic carbocycles. The number of aromatic amines is 1. The van der Waals surface area contributed by atoms with Crippen LogP contribution >= 0.6 is 23.2 Å². The van der Waals surface area contributed by atoms with Gasteiger partial charge in [0.2, 0.25) is 0 Å². The van der Waals surface area contributed by atoms with E-state index in [2.05, 4.69) is 49.0 Å². The standard InChI is InChI=1S/C26H31Cl2N5O2/c1-16(2)11-23-20-15-35-26(3,4)13-18(20)19(14-29)24(31-23)32-7-9-33(10-8-32)25(34)30-17-5-6-21(27)22(28)12-17/h5-6,12,16H,7-11,13,15H2,1-4H3,(H,30,34)/p+1. The number of nitrogens with zero attached hydrogens (tertiary/aromatic N) is 3. The molecule has 3 heterocycles.